The van der Waals surface area contributed by atoms with Crippen LogP contribution >= 0.6 is 11.3 Å². The molecule has 0 radical (unpaired) electrons. The van der Waals surface area contributed by atoms with Gasteiger partial charge in [0.1, 0.15) is 0 Å². The molecule has 0 aromatic carbocycles. The summed E-state index contributed by atoms with van der Waals surface area (Å²) in [5.41, 5.74) is 1.33. The maximum absolute atomic E-state index is 5.45. The Kier molecular flexibility index (Phi) is 4.58. The van der Waals surface area contributed by atoms with Crippen molar-refractivity contribution in [3.05, 3.63) is 10.6 Å². The number of ether oxygens (including phenoxy) is 1. The molecule has 2 heterocycles. The SMILES string of the molecule is CCNC1CCCc2sc(N3CCC(OC)CC3)nc21. The molecule has 1 saturated heterocycles. The van der Waals surface area contributed by atoms with Crippen LogP contribution in [-0.4, -0.2) is 37.8 Å². The monoisotopic (exact) mass is 295 g/mol. The normalized spacial score (nSPS) is 23.9. The van der Waals surface area contributed by atoms with Gasteiger partial charge in [-0.3, -0.25) is 0 Å². The second kappa shape index (κ2) is 6.41. The molecule has 1 aliphatic heterocycles. The van der Waals surface area contributed by atoms with E-state index >= 15 is 0 Å². The van der Waals surface area contributed by atoms with Gasteiger partial charge in [0, 0.05) is 25.1 Å². The number of nitrogens with zero attached hydrogens (tertiary/aromatic N) is 2. The van der Waals surface area contributed by atoms with Crippen molar-refractivity contribution in [3.8, 4) is 0 Å². The number of hydrogen-bond acceptors (Lipinski definition) is 5. The Hall–Kier alpha value is -0.650. The number of piperidine rings is 1. The summed E-state index contributed by atoms with van der Waals surface area (Å²) in [6.07, 6.45) is 6.42. The Morgan fingerprint density at radius 1 is 1.35 bits per heavy atom. The van der Waals surface area contributed by atoms with Gasteiger partial charge in [0.2, 0.25) is 0 Å². The fourth-order valence-electron chi connectivity index (χ4n) is 3.27. The average Bonchev–Trinajstić information content (AvgIpc) is 2.93. The summed E-state index contributed by atoms with van der Waals surface area (Å²) in [5, 5.41) is 4.81. The second-order valence-electron chi connectivity index (χ2n) is 5.73. The van der Waals surface area contributed by atoms with Crippen LogP contribution in [-0.2, 0) is 11.2 Å². The number of thiazole rings is 1. The molecule has 1 aromatic heterocycles. The molecule has 112 valence electrons. The summed E-state index contributed by atoms with van der Waals surface area (Å²) >= 11 is 1.91. The highest BCUT2D eigenvalue weighted by Gasteiger charge is 2.27. The number of methoxy groups -OCH3 is 1. The molecule has 1 aliphatic carbocycles. The van der Waals surface area contributed by atoms with Crippen LogP contribution in [0.3, 0.4) is 0 Å². The van der Waals surface area contributed by atoms with E-state index in [1.54, 1.807) is 0 Å². The van der Waals surface area contributed by atoms with Crippen LogP contribution in [0, 0.1) is 0 Å². The minimum absolute atomic E-state index is 0.440. The predicted octanol–water partition coefficient (Wildman–Crippen LogP) is 2.75. The molecule has 5 heteroatoms. The van der Waals surface area contributed by atoms with E-state index in [1.807, 2.05) is 18.4 Å². The lowest BCUT2D eigenvalue weighted by Gasteiger charge is -2.30. The summed E-state index contributed by atoms with van der Waals surface area (Å²) in [6, 6.07) is 0.477. The van der Waals surface area contributed by atoms with Gasteiger partial charge in [-0.2, -0.15) is 0 Å². The first kappa shape index (κ1) is 14.3. The van der Waals surface area contributed by atoms with Crippen molar-refractivity contribution < 1.29 is 4.74 Å². The second-order valence-corrected chi connectivity index (χ2v) is 6.79. The number of fused-ring (bicyclic) bond motifs is 1. The summed E-state index contributed by atoms with van der Waals surface area (Å²) in [6.45, 7) is 5.36. The van der Waals surface area contributed by atoms with Gasteiger partial charge < -0.3 is 15.0 Å². The number of nitrogens with one attached hydrogen (secondary N) is 1. The lowest BCUT2D eigenvalue weighted by Crippen LogP contribution is -2.36. The average molecular weight is 295 g/mol. The Morgan fingerprint density at radius 3 is 2.85 bits per heavy atom. The number of anilines is 1. The summed E-state index contributed by atoms with van der Waals surface area (Å²) in [4.78, 5) is 8.92. The summed E-state index contributed by atoms with van der Waals surface area (Å²) in [5.74, 6) is 0. The maximum atomic E-state index is 5.45. The van der Waals surface area contributed by atoms with Crippen molar-refractivity contribution in [1.29, 1.82) is 0 Å². The minimum Gasteiger partial charge on any atom is -0.381 e. The van der Waals surface area contributed by atoms with Gasteiger partial charge in [-0.1, -0.05) is 6.92 Å². The van der Waals surface area contributed by atoms with Crippen LogP contribution in [0.4, 0.5) is 5.13 Å². The van der Waals surface area contributed by atoms with Crippen molar-refractivity contribution in [3.63, 3.8) is 0 Å². The molecule has 4 nitrogen and oxygen atoms in total. The molecule has 1 N–H and O–H groups in total. The third kappa shape index (κ3) is 2.85. The highest BCUT2D eigenvalue weighted by molar-refractivity contribution is 7.15. The zero-order chi connectivity index (χ0) is 13.9. The third-order valence-corrected chi connectivity index (χ3v) is 5.63. The zero-order valence-corrected chi connectivity index (χ0v) is 13.3. The van der Waals surface area contributed by atoms with E-state index in [4.69, 9.17) is 9.72 Å². The van der Waals surface area contributed by atoms with Gasteiger partial charge in [-0.15, -0.1) is 11.3 Å². The molecular formula is C15H25N3OS. The molecule has 0 amide bonds. The number of aryl methyl sites for hydroxylation is 1. The maximum Gasteiger partial charge on any atom is 0.185 e. The van der Waals surface area contributed by atoms with E-state index in [1.165, 1.54) is 35.0 Å². The van der Waals surface area contributed by atoms with Crippen LogP contribution in [0.1, 0.15) is 49.2 Å². The van der Waals surface area contributed by atoms with E-state index in [-0.39, 0.29) is 0 Å². The van der Waals surface area contributed by atoms with E-state index in [0.29, 0.717) is 12.1 Å². The zero-order valence-electron chi connectivity index (χ0n) is 12.5. The Balaban J connectivity index is 1.72. The number of aromatic nitrogens is 1. The van der Waals surface area contributed by atoms with E-state index in [9.17, 15) is 0 Å². The van der Waals surface area contributed by atoms with Crippen LogP contribution in [0.15, 0.2) is 0 Å². The molecular weight excluding hydrogens is 270 g/mol. The molecule has 20 heavy (non-hydrogen) atoms. The van der Waals surface area contributed by atoms with Crippen molar-refractivity contribution in [2.75, 3.05) is 31.6 Å². The molecule has 0 spiro atoms. The molecule has 1 atom stereocenters. The van der Waals surface area contributed by atoms with Crippen molar-refractivity contribution in [1.82, 2.24) is 10.3 Å². The molecule has 0 saturated carbocycles. The van der Waals surface area contributed by atoms with Crippen LogP contribution < -0.4 is 10.2 Å². The summed E-state index contributed by atoms with van der Waals surface area (Å²) in [7, 11) is 1.82. The first-order chi connectivity index (χ1) is 9.81. The molecule has 1 unspecified atom stereocenters. The molecule has 1 aromatic rings. The molecule has 3 rings (SSSR count). The van der Waals surface area contributed by atoms with Gasteiger partial charge in [0.25, 0.3) is 0 Å². The summed E-state index contributed by atoms with van der Waals surface area (Å²) < 4.78 is 5.45. The molecule has 1 fully saturated rings. The van der Waals surface area contributed by atoms with Crippen LogP contribution in [0.2, 0.25) is 0 Å². The van der Waals surface area contributed by atoms with Gasteiger partial charge in [0.15, 0.2) is 5.13 Å². The number of rotatable bonds is 4. The fourth-order valence-corrected chi connectivity index (χ4v) is 4.48. The number of hydrogen-bond donors (Lipinski definition) is 1. The Morgan fingerprint density at radius 2 is 2.15 bits per heavy atom. The Bertz CT molecular complexity index is 440. The quantitative estimate of drug-likeness (QED) is 0.927. The van der Waals surface area contributed by atoms with Crippen LogP contribution in [0.5, 0.6) is 0 Å². The van der Waals surface area contributed by atoms with Gasteiger partial charge in [-0.25, -0.2) is 4.98 Å². The third-order valence-electron chi connectivity index (χ3n) is 4.44. The highest BCUT2D eigenvalue weighted by Crippen LogP contribution is 2.37. The molecule has 2 aliphatic rings. The van der Waals surface area contributed by atoms with Gasteiger partial charge in [-0.05, 0) is 38.6 Å². The van der Waals surface area contributed by atoms with Crippen molar-refractivity contribution >= 4 is 16.5 Å². The predicted molar refractivity (Wildman–Crippen MR) is 83.7 cm³/mol. The Labute approximate surface area is 125 Å². The lowest BCUT2D eigenvalue weighted by atomic mass is 9.98. The standard InChI is InChI=1S/C15H25N3OS/c1-3-16-12-5-4-6-13-14(12)17-15(20-13)18-9-7-11(19-2)8-10-18/h11-12,16H,3-10H2,1-2H3. The van der Waals surface area contributed by atoms with E-state index in [2.05, 4.69) is 17.1 Å². The first-order valence-electron chi connectivity index (χ1n) is 7.82. The van der Waals surface area contributed by atoms with E-state index in [0.717, 1.165) is 32.5 Å². The first-order valence-corrected chi connectivity index (χ1v) is 8.64. The van der Waals surface area contributed by atoms with Gasteiger partial charge in [0.05, 0.1) is 17.8 Å². The largest absolute Gasteiger partial charge is 0.381 e. The van der Waals surface area contributed by atoms with Gasteiger partial charge >= 0.3 is 0 Å². The highest BCUT2D eigenvalue weighted by atomic mass is 32.1. The van der Waals surface area contributed by atoms with Crippen LogP contribution in [0.25, 0.3) is 0 Å². The molecule has 0 bridgehead atoms. The topological polar surface area (TPSA) is 37.4 Å². The lowest BCUT2D eigenvalue weighted by molar-refractivity contribution is 0.0819. The fraction of sp³-hybridized carbons (Fsp3) is 0.800. The van der Waals surface area contributed by atoms with E-state index < -0.39 is 0 Å². The minimum atomic E-state index is 0.440. The smallest absolute Gasteiger partial charge is 0.185 e. The van der Waals surface area contributed by atoms with Crippen molar-refractivity contribution in [2.24, 2.45) is 0 Å². The van der Waals surface area contributed by atoms with Crippen molar-refractivity contribution in [2.45, 2.75) is 51.2 Å².